The highest BCUT2D eigenvalue weighted by molar-refractivity contribution is 5.98. The molecule has 14 heteroatoms. The summed E-state index contributed by atoms with van der Waals surface area (Å²) in [5, 5.41) is 12.7. The van der Waals surface area contributed by atoms with Crippen LogP contribution in [0.5, 0.6) is 0 Å². The summed E-state index contributed by atoms with van der Waals surface area (Å²) in [6, 6.07) is 11.8. The largest absolute Gasteiger partial charge is 0.481 e. The number of nitrogens with zero attached hydrogens (tertiary/aromatic N) is 5. The van der Waals surface area contributed by atoms with Gasteiger partial charge in [0.25, 0.3) is 5.56 Å². The lowest BCUT2D eigenvalue weighted by molar-refractivity contribution is -0.136. The summed E-state index contributed by atoms with van der Waals surface area (Å²) in [5.74, 6) is -0.959. The lowest BCUT2D eigenvalue weighted by Gasteiger charge is -2.18. The third-order valence-corrected chi connectivity index (χ3v) is 12.1. The van der Waals surface area contributed by atoms with E-state index in [4.69, 9.17) is 9.97 Å². The second kappa shape index (κ2) is 16.2. The van der Waals surface area contributed by atoms with Crippen LogP contribution in [-0.2, 0) is 22.6 Å². The van der Waals surface area contributed by atoms with Gasteiger partial charge in [-0.1, -0.05) is 25.3 Å². The molecular formula is C48H47N9O5. The van der Waals surface area contributed by atoms with Crippen LogP contribution in [0.25, 0.3) is 73.0 Å². The maximum Gasteiger partial charge on any atom is 0.349 e. The topological polar surface area (TPSA) is 204 Å². The molecule has 1 aromatic carbocycles. The smallest absolute Gasteiger partial charge is 0.349 e. The zero-order valence-corrected chi connectivity index (χ0v) is 35.6. The number of carbonyl (C=O) groups excluding carboxylic acids is 1. The molecule has 0 aliphatic carbocycles. The molecule has 62 heavy (non-hydrogen) atoms. The van der Waals surface area contributed by atoms with Crippen molar-refractivity contribution in [3.05, 3.63) is 133 Å². The Morgan fingerprint density at radius 1 is 0.726 bits per heavy atom. The fourth-order valence-electron chi connectivity index (χ4n) is 8.45. The number of allylic oxidation sites excluding steroid dienone is 5. The molecule has 0 saturated heterocycles. The summed E-state index contributed by atoms with van der Waals surface area (Å²) >= 11 is 0. The number of aliphatic carboxylic acids is 1. The molecule has 4 aromatic rings. The number of aromatic amines is 3. The van der Waals surface area contributed by atoms with Crippen LogP contribution in [0, 0.1) is 27.7 Å². The van der Waals surface area contributed by atoms with Crippen molar-refractivity contribution in [1.82, 2.24) is 44.8 Å². The molecule has 0 fully saturated rings. The summed E-state index contributed by atoms with van der Waals surface area (Å²) in [6.07, 6.45) is 4.37. The molecule has 0 unspecified atom stereocenters. The molecule has 3 aromatic heterocycles. The van der Waals surface area contributed by atoms with E-state index in [9.17, 15) is 24.3 Å². The van der Waals surface area contributed by atoms with Gasteiger partial charge in [0.15, 0.2) is 11.5 Å². The molecule has 1 amide bonds. The van der Waals surface area contributed by atoms with Crippen LogP contribution >= 0.6 is 0 Å². The van der Waals surface area contributed by atoms with Crippen molar-refractivity contribution in [3.8, 4) is 11.5 Å². The van der Waals surface area contributed by atoms with Crippen LogP contribution in [-0.4, -0.2) is 63.0 Å². The molecule has 14 nitrogen and oxygen atoms in total. The van der Waals surface area contributed by atoms with Crippen LogP contribution < -0.4 is 16.6 Å². The van der Waals surface area contributed by atoms with Crippen LogP contribution in [0.2, 0.25) is 0 Å². The van der Waals surface area contributed by atoms with Crippen molar-refractivity contribution < 1.29 is 14.7 Å². The monoisotopic (exact) mass is 829 g/mol. The number of carbonyl (C=O) groups is 2. The van der Waals surface area contributed by atoms with E-state index in [1.54, 1.807) is 4.57 Å². The summed E-state index contributed by atoms with van der Waals surface area (Å²) in [4.78, 5) is 78.7. The number of hydrogen-bond acceptors (Lipinski definition) is 8. The van der Waals surface area contributed by atoms with E-state index in [0.717, 1.165) is 89.1 Å². The predicted molar refractivity (Wildman–Crippen MR) is 244 cm³/mol. The first-order valence-corrected chi connectivity index (χ1v) is 20.5. The number of aromatic nitrogens is 8. The average Bonchev–Trinajstić information content (AvgIpc) is 3.89. The molecule has 4 aliphatic heterocycles. The molecular weight excluding hydrogens is 783 g/mol. The number of benzene rings is 1. The summed E-state index contributed by atoms with van der Waals surface area (Å²) in [5.41, 5.74) is 15.4. The van der Waals surface area contributed by atoms with Crippen LogP contribution in [0.3, 0.4) is 0 Å². The Hall–Kier alpha value is -7.48. The molecule has 314 valence electrons. The Morgan fingerprint density at radius 3 is 2.13 bits per heavy atom. The average molecular weight is 830 g/mol. The van der Waals surface area contributed by atoms with Gasteiger partial charge in [0.05, 0.1) is 33.8 Å². The molecule has 8 rings (SSSR count). The van der Waals surface area contributed by atoms with E-state index < -0.39 is 17.2 Å². The second-order valence-electron chi connectivity index (χ2n) is 15.9. The van der Waals surface area contributed by atoms with E-state index in [1.165, 1.54) is 0 Å². The van der Waals surface area contributed by atoms with Gasteiger partial charge in [-0.2, -0.15) is 4.98 Å². The fourth-order valence-corrected chi connectivity index (χ4v) is 8.45. The van der Waals surface area contributed by atoms with Crippen LogP contribution in [0.15, 0.2) is 65.2 Å². The molecule has 7 heterocycles. The first-order valence-electron chi connectivity index (χ1n) is 20.5. The number of fused-ring (bicyclic) bond motifs is 10. The van der Waals surface area contributed by atoms with Gasteiger partial charge in [0.1, 0.15) is 0 Å². The molecule has 0 spiro atoms. The van der Waals surface area contributed by atoms with E-state index >= 15 is 0 Å². The summed E-state index contributed by atoms with van der Waals surface area (Å²) < 4.78 is 1.75. The highest BCUT2D eigenvalue weighted by Crippen LogP contribution is 2.37. The first kappa shape index (κ1) is 41.3. The minimum Gasteiger partial charge on any atom is -0.481 e. The van der Waals surface area contributed by atoms with Gasteiger partial charge in [0, 0.05) is 59.1 Å². The highest BCUT2D eigenvalue weighted by Gasteiger charge is 2.22. The van der Waals surface area contributed by atoms with Crippen molar-refractivity contribution in [3.63, 3.8) is 0 Å². The highest BCUT2D eigenvalue weighted by atomic mass is 16.4. The van der Waals surface area contributed by atoms with E-state index in [-0.39, 0.29) is 49.8 Å². The molecule has 0 saturated carbocycles. The van der Waals surface area contributed by atoms with Gasteiger partial charge in [-0.3, -0.25) is 19.4 Å². The number of carboxylic acid groups (broad SMARTS) is 1. The van der Waals surface area contributed by atoms with Crippen molar-refractivity contribution in [1.29, 1.82) is 0 Å². The van der Waals surface area contributed by atoms with Gasteiger partial charge >= 0.3 is 11.7 Å². The number of hydrogen-bond donors (Lipinski definition) is 5. The maximum absolute atomic E-state index is 13.6. The molecule has 4 aliphatic rings. The number of carboxylic acids is 1. The van der Waals surface area contributed by atoms with Gasteiger partial charge in [0.2, 0.25) is 5.91 Å². The second-order valence-corrected chi connectivity index (χ2v) is 15.9. The Balaban J connectivity index is 1.19. The zero-order valence-electron chi connectivity index (χ0n) is 35.6. The normalized spacial score (nSPS) is 12.7. The SMILES string of the molecule is C=CC1=C(C)c2cc3[nH]c(cc4nc(cc5[nH]c(cc1n2)c(C)c5C=C)C(C)=C4CCC(=O)O)c(CCC(=O)NCCn1c2nc(=O)[nH]c(=O)c-2nc2cc(C)c(C)cc21)c3C. The minimum atomic E-state index is -0.904. The number of rotatable bonds is 11. The van der Waals surface area contributed by atoms with Gasteiger partial charge in [-0.25, -0.2) is 19.7 Å². The lowest BCUT2D eigenvalue weighted by Crippen LogP contribution is -2.32. The van der Waals surface area contributed by atoms with Crippen molar-refractivity contribution >= 4 is 73.3 Å². The van der Waals surface area contributed by atoms with E-state index in [2.05, 4.69) is 43.4 Å². The van der Waals surface area contributed by atoms with Gasteiger partial charge in [-0.05, 0) is 135 Å². The van der Waals surface area contributed by atoms with Gasteiger partial charge < -0.3 is 25.0 Å². The number of nitrogens with one attached hydrogen (secondary N) is 4. The zero-order chi connectivity index (χ0) is 44.1. The Bertz CT molecular complexity index is 3270. The lowest BCUT2D eigenvalue weighted by atomic mass is 10.00. The van der Waals surface area contributed by atoms with Gasteiger partial charge in [-0.15, -0.1) is 0 Å². The maximum atomic E-state index is 13.6. The molecule has 5 N–H and O–H groups in total. The van der Waals surface area contributed by atoms with Crippen molar-refractivity contribution in [2.24, 2.45) is 0 Å². The standard InChI is InChI=1S/C48H47N9O5/c1-9-29-25(5)33-19-34-27(7)31(11-13-43(58)49-15-16-57-42-18-24(4)23(3)17-41(42)54-45-46(57)55-48(62)56-47(45)61)39(52-34)22-40-32(12-14-44(59)60)28(8)36(53-40)21-38-30(10-2)26(6)35(51-38)20-37(29)50-33/h9-10,17-22,51-52H,1-2,11-16H2,3-8H3,(H,49,58)(H,59,60)(H,56,61,62). The number of amides is 1. The quantitative estimate of drug-likeness (QED) is 0.0809. The summed E-state index contributed by atoms with van der Waals surface area (Å²) in [7, 11) is 0. The number of H-pyrrole nitrogens is 3. The first-order chi connectivity index (χ1) is 29.6. The van der Waals surface area contributed by atoms with E-state index in [0.29, 0.717) is 28.8 Å². The van der Waals surface area contributed by atoms with E-state index in [1.807, 2.05) is 90.1 Å². The van der Waals surface area contributed by atoms with Crippen LogP contribution in [0.1, 0.15) is 89.3 Å². The third kappa shape index (κ3) is 7.48. The van der Waals surface area contributed by atoms with Crippen molar-refractivity contribution in [2.45, 2.75) is 73.8 Å². The predicted octanol–water partition coefficient (Wildman–Crippen LogP) is 7.75. The summed E-state index contributed by atoms with van der Waals surface area (Å²) in [6.45, 7) is 20.6. The minimum absolute atomic E-state index is 0.0431. The Morgan fingerprint density at radius 2 is 1.39 bits per heavy atom. The molecule has 8 bridgehead atoms. The Labute approximate surface area is 356 Å². The molecule has 0 atom stereocenters. The number of aryl methyl sites for hydroxylation is 5. The van der Waals surface area contributed by atoms with Crippen molar-refractivity contribution in [2.75, 3.05) is 6.54 Å². The fraction of sp³-hybridized carbons (Fsp3) is 0.250. The Kier molecular flexibility index (Phi) is 10.8. The van der Waals surface area contributed by atoms with Crippen LogP contribution in [0.4, 0.5) is 0 Å². The molecule has 0 radical (unpaired) electrons. The third-order valence-electron chi connectivity index (χ3n) is 12.1.